The van der Waals surface area contributed by atoms with E-state index in [-0.39, 0.29) is 0 Å². The molecule has 1 rings (SSSR count). The highest BCUT2D eigenvalue weighted by molar-refractivity contribution is 4.85. The van der Waals surface area contributed by atoms with E-state index in [2.05, 4.69) is 26.1 Å². The lowest BCUT2D eigenvalue weighted by atomic mass is 9.82. The molecule has 1 unspecified atom stereocenters. The zero-order valence-electron chi connectivity index (χ0n) is 12.1. The summed E-state index contributed by atoms with van der Waals surface area (Å²) in [5.41, 5.74) is 0.434. The van der Waals surface area contributed by atoms with E-state index in [1.165, 1.54) is 51.5 Å². The Morgan fingerprint density at radius 1 is 1.12 bits per heavy atom. The smallest absolute Gasteiger partial charge is 0.0471 e. The molecule has 2 heteroatoms. The van der Waals surface area contributed by atoms with E-state index in [0.29, 0.717) is 5.41 Å². The SMILES string of the molecule is CCCCOCCC(C)(CCC)CNC1CC1. The van der Waals surface area contributed by atoms with Crippen LogP contribution in [0.2, 0.25) is 0 Å². The van der Waals surface area contributed by atoms with Gasteiger partial charge in [0.1, 0.15) is 0 Å². The van der Waals surface area contributed by atoms with Crippen LogP contribution in [-0.4, -0.2) is 25.8 Å². The third-order valence-corrected chi connectivity index (χ3v) is 3.74. The maximum atomic E-state index is 5.71. The Balaban J connectivity index is 2.14. The molecule has 1 fully saturated rings. The largest absolute Gasteiger partial charge is 0.381 e. The van der Waals surface area contributed by atoms with Gasteiger partial charge in [-0.1, -0.05) is 33.6 Å². The Hall–Kier alpha value is -0.0800. The standard InChI is InChI=1S/C15H31NO/c1-4-6-11-17-12-10-15(3,9-5-2)13-16-14-7-8-14/h14,16H,4-13H2,1-3H3. The molecule has 0 radical (unpaired) electrons. The van der Waals surface area contributed by atoms with Gasteiger partial charge in [-0.05, 0) is 37.5 Å². The quantitative estimate of drug-likeness (QED) is 0.556. The first-order valence-electron chi connectivity index (χ1n) is 7.51. The maximum Gasteiger partial charge on any atom is 0.0471 e. The lowest BCUT2D eigenvalue weighted by molar-refractivity contribution is 0.0923. The van der Waals surface area contributed by atoms with E-state index < -0.39 is 0 Å². The second kappa shape index (κ2) is 8.10. The highest BCUT2D eigenvalue weighted by atomic mass is 16.5. The van der Waals surface area contributed by atoms with Crippen LogP contribution in [0.3, 0.4) is 0 Å². The van der Waals surface area contributed by atoms with Crippen molar-refractivity contribution in [1.29, 1.82) is 0 Å². The Morgan fingerprint density at radius 2 is 1.88 bits per heavy atom. The fourth-order valence-electron chi connectivity index (χ4n) is 2.25. The van der Waals surface area contributed by atoms with E-state index >= 15 is 0 Å². The maximum absolute atomic E-state index is 5.71. The van der Waals surface area contributed by atoms with Crippen LogP contribution in [0.5, 0.6) is 0 Å². The third kappa shape index (κ3) is 7.05. The molecule has 1 aliphatic carbocycles. The van der Waals surface area contributed by atoms with Gasteiger partial charge in [0.15, 0.2) is 0 Å². The van der Waals surface area contributed by atoms with Crippen molar-refractivity contribution in [2.75, 3.05) is 19.8 Å². The monoisotopic (exact) mass is 241 g/mol. The molecule has 0 aromatic rings. The highest BCUT2D eigenvalue weighted by Gasteiger charge is 2.27. The van der Waals surface area contributed by atoms with Crippen molar-refractivity contribution in [1.82, 2.24) is 5.32 Å². The first-order chi connectivity index (χ1) is 8.20. The molecule has 1 aliphatic rings. The summed E-state index contributed by atoms with van der Waals surface area (Å²) in [6.45, 7) is 9.95. The predicted octanol–water partition coefficient (Wildman–Crippen LogP) is 3.75. The molecule has 2 nitrogen and oxygen atoms in total. The van der Waals surface area contributed by atoms with E-state index in [4.69, 9.17) is 4.74 Å². The van der Waals surface area contributed by atoms with Crippen molar-refractivity contribution in [3.05, 3.63) is 0 Å². The summed E-state index contributed by atoms with van der Waals surface area (Å²) in [7, 11) is 0. The molecule has 0 aromatic carbocycles. The molecule has 1 saturated carbocycles. The van der Waals surface area contributed by atoms with Gasteiger partial charge in [0.25, 0.3) is 0 Å². The van der Waals surface area contributed by atoms with E-state index in [1.54, 1.807) is 0 Å². The van der Waals surface area contributed by atoms with Crippen LogP contribution >= 0.6 is 0 Å². The second-order valence-electron chi connectivity index (χ2n) is 5.93. The number of hydrogen-bond acceptors (Lipinski definition) is 2. The summed E-state index contributed by atoms with van der Waals surface area (Å²) >= 11 is 0. The summed E-state index contributed by atoms with van der Waals surface area (Å²) < 4.78 is 5.71. The van der Waals surface area contributed by atoms with Crippen LogP contribution in [-0.2, 0) is 4.74 Å². The van der Waals surface area contributed by atoms with Crippen LogP contribution in [0.4, 0.5) is 0 Å². The first kappa shape index (κ1) is 15.0. The normalized spacial score (nSPS) is 19.2. The average molecular weight is 241 g/mol. The van der Waals surface area contributed by atoms with Crippen molar-refractivity contribution in [2.24, 2.45) is 5.41 Å². The van der Waals surface area contributed by atoms with Gasteiger partial charge in [0.2, 0.25) is 0 Å². The molecule has 102 valence electrons. The molecule has 17 heavy (non-hydrogen) atoms. The van der Waals surface area contributed by atoms with Gasteiger partial charge in [-0.3, -0.25) is 0 Å². The van der Waals surface area contributed by atoms with Gasteiger partial charge in [-0.25, -0.2) is 0 Å². The minimum atomic E-state index is 0.434. The Labute approximate surface area is 108 Å². The molecular weight excluding hydrogens is 210 g/mol. The molecule has 1 atom stereocenters. The van der Waals surface area contributed by atoms with Crippen LogP contribution < -0.4 is 5.32 Å². The van der Waals surface area contributed by atoms with E-state index in [0.717, 1.165) is 19.3 Å². The highest BCUT2D eigenvalue weighted by Crippen LogP contribution is 2.29. The van der Waals surface area contributed by atoms with Crippen LogP contribution in [0.1, 0.15) is 65.7 Å². The fraction of sp³-hybridized carbons (Fsp3) is 1.00. The van der Waals surface area contributed by atoms with Gasteiger partial charge in [0, 0.05) is 25.8 Å². The number of unbranched alkanes of at least 4 members (excludes halogenated alkanes) is 1. The number of hydrogen-bond donors (Lipinski definition) is 1. The molecule has 0 saturated heterocycles. The van der Waals surface area contributed by atoms with Crippen molar-refractivity contribution in [3.8, 4) is 0 Å². The minimum Gasteiger partial charge on any atom is -0.381 e. The Bertz CT molecular complexity index is 191. The summed E-state index contributed by atoms with van der Waals surface area (Å²) in [4.78, 5) is 0. The van der Waals surface area contributed by atoms with E-state index in [9.17, 15) is 0 Å². The molecule has 0 aliphatic heterocycles. The van der Waals surface area contributed by atoms with Gasteiger partial charge in [0.05, 0.1) is 0 Å². The number of ether oxygens (including phenoxy) is 1. The Kier molecular flexibility index (Phi) is 7.14. The van der Waals surface area contributed by atoms with Crippen LogP contribution in [0.15, 0.2) is 0 Å². The molecule has 0 bridgehead atoms. The molecule has 0 amide bonds. The van der Waals surface area contributed by atoms with Crippen molar-refractivity contribution in [2.45, 2.75) is 71.8 Å². The molecular formula is C15H31NO. The topological polar surface area (TPSA) is 21.3 Å². The molecule has 0 aromatic heterocycles. The summed E-state index contributed by atoms with van der Waals surface area (Å²) in [5, 5.41) is 3.68. The number of rotatable bonds is 11. The van der Waals surface area contributed by atoms with Gasteiger partial charge in [-0.15, -0.1) is 0 Å². The molecule has 0 spiro atoms. The average Bonchev–Trinajstić information content (AvgIpc) is 3.11. The fourth-order valence-corrected chi connectivity index (χ4v) is 2.25. The van der Waals surface area contributed by atoms with E-state index in [1.807, 2.05) is 0 Å². The lowest BCUT2D eigenvalue weighted by Crippen LogP contribution is -2.34. The summed E-state index contributed by atoms with van der Waals surface area (Å²) in [5.74, 6) is 0. The zero-order chi connectivity index (χ0) is 12.6. The zero-order valence-corrected chi connectivity index (χ0v) is 12.1. The molecule has 0 heterocycles. The summed E-state index contributed by atoms with van der Waals surface area (Å²) in [6, 6.07) is 0.826. The Morgan fingerprint density at radius 3 is 2.47 bits per heavy atom. The van der Waals surface area contributed by atoms with Gasteiger partial charge >= 0.3 is 0 Å². The molecule has 1 N–H and O–H groups in total. The van der Waals surface area contributed by atoms with Crippen molar-refractivity contribution < 1.29 is 4.74 Å². The van der Waals surface area contributed by atoms with Crippen LogP contribution in [0.25, 0.3) is 0 Å². The summed E-state index contributed by atoms with van der Waals surface area (Å²) in [6.07, 6.45) is 8.98. The minimum absolute atomic E-state index is 0.434. The second-order valence-corrected chi connectivity index (χ2v) is 5.93. The van der Waals surface area contributed by atoms with Gasteiger partial charge < -0.3 is 10.1 Å². The van der Waals surface area contributed by atoms with Gasteiger partial charge in [-0.2, -0.15) is 0 Å². The van der Waals surface area contributed by atoms with Crippen molar-refractivity contribution in [3.63, 3.8) is 0 Å². The van der Waals surface area contributed by atoms with Crippen LogP contribution in [0, 0.1) is 5.41 Å². The number of nitrogens with one attached hydrogen (secondary N) is 1. The first-order valence-corrected chi connectivity index (χ1v) is 7.51. The third-order valence-electron chi connectivity index (χ3n) is 3.74. The predicted molar refractivity (Wildman–Crippen MR) is 74.4 cm³/mol. The van der Waals surface area contributed by atoms with Crippen molar-refractivity contribution >= 4 is 0 Å². The lowest BCUT2D eigenvalue weighted by Gasteiger charge is -2.29.